The topological polar surface area (TPSA) is 78.9 Å². The van der Waals surface area contributed by atoms with Gasteiger partial charge in [0.05, 0.1) is 0 Å². The maximum absolute atomic E-state index is 12.9. The molecule has 0 aliphatic heterocycles. The van der Waals surface area contributed by atoms with Gasteiger partial charge in [0.15, 0.2) is 6.10 Å². The van der Waals surface area contributed by atoms with Gasteiger partial charge in [-0.3, -0.25) is 14.4 Å². The highest BCUT2D eigenvalue weighted by atomic mass is 16.6. The zero-order valence-corrected chi connectivity index (χ0v) is 53.9. The first kappa shape index (κ1) is 78.3. The van der Waals surface area contributed by atoms with Gasteiger partial charge in [0.25, 0.3) is 0 Å². The van der Waals surface area contributed by atoms with Gasteiger partial charge < -0.3 is 14.2 Å². The Morgan fingerprint density at radius 3 is 0.735 bits per heavy atom. The van der Waals surface area contributed by atoms with Crippen LogP contribution in [0, 0.1) is 0 Å². The van der Waals surface area contributed by atoms with E-state index in [1.807, 2.05) is 0 Å². The van der Waals surface area contributed by atoms with Gasteiger partial charge in [0.2, 0.25) is 0 Å². The summed E-state index contributed by atoms with van der Waals surface area (Å²) in [5, 5.41) is 0. The average Bonchev–Trinajstić information content (AvgIpc) is 3.49. The lowest BCUT2D eigenvalue weighted by molar-refractivity contribution is -0.167. The third-order valence-corrected chi connectivity index (χ3v) is 14.3. The molecule has 0 aromatic rings. The van der Waals surface area contributed by atoms with Gasteiger partial charge in [-0.05, 0) is 141 Å². The van der Waals surface area contributed by atoms with Gasteiger partial charge >= 0.3 is 17.9 Å². The fourth-order valence-corrected chi connectivity index (χ4v) is 9.23. The number of unbranched alkanes of at least 4 members (excludes halogenated alkanes) is 26. The largest absolute Gasteiger partial charge is 0.462 e. The molecule has 1 unspecified atom stereocenters. The summed E-state index contributed by atoms with van der Waals surface area (Å²) in [5.74, 6) is -0.914. The van der Waals surface area contributed by atoms with Gasteiger partial charge in [-0.1, -0.05) is 289 Å². The molecule has 0 aliphatic rings. The molecule has 0 aliphatic carbocycles. The number of allylic oxidation sites excluding steroid dienone is 24. The van der Waals surface area contributed by atoms with Crippen LogP contribution in [-0.2, 0) is 28.6 Å². The van der Waals surface area contributed by atoms with Crippen LogP contribution in [0.2, 0.25) is 0 Å². The van der Waals surface area contributed by atoms with Crippen LogP contribution in [0.4, 0.5) is 0 Å². The van der Waals surface area contributed by atoms with Crippen molar-refractivity contribution in [2.75, 3.05) is 13.2 Å². The molecular formula is C77H126O6. The fourth-order valence-electron chi connectivity index (χ4n) is 9.23. The van der Waals surface area contributed by atoms with Crippen molar-refractivity contribution in [1.29, 1.82) is 0 Å². The Morgan fingerprint density at radius 1 is 0.253 bits per heavy atom. The van der Waals surface area contributed by atoms with E-state index in [4.69, 9.17) is 14.2 Å². The summed E-state index contributed by atoms with van der Waals surface area (Å²) in [6.45, 7) is 6.38. The summed E-state index contributed by atoms with van der Waals surface area (Å²) in [4.78, 5) is 38.4. The molecular weight excluding hydrogens is 1020 g/mol. The lowest BCUT2D eigenvalue weighted by atomic mass is 10.0. The summed E-state index contributed by atoms with van der Waals surface area (Å²) in [6, 6.07) is 0. The number of rotatable bonds is 61. The summed E-state index contributed by atoms with van der Waals surface area (Å²) in [5.41, 5.74) is 0. The smallest absolute Gasteiger partial charge is 0.306 e. The van der Waals surface area contributed by atoms with Gasteiger partial charge in [-0.2, -0.15) is 0 Å². The molecule has 0 bridgehead atoms. The fraction of sp³-hybridized carbons (Fsp3) is 0.649. The maximum Gasteiger partial charge on any atom is 0.306 e. The SMILES string of the molecule is CC/C=C\C/C=C\C/C=C\C/C=C\C/C=C\C/C=C\C/C=C\CCCCCCCCCCCCCC(=O)OCC(COC(=O)CCCCCCC/C=C\C/C=C\CCCCC)OC(=O)CCCCCCCCC/C=C\C/C=C\C/C=C\CC. The first-order valence-electron chi connectivity index (χ1n) is 34.3. The van der Waals surface area contributed by atoms with Crippen molar-refractivity contribution in [3.8, 4) is 0 Å². The van der Waals surface area contributed by atoms with Crippen LogP contribution < -0.4 is 0 Å². The lowest BCUT2D eigenvalue weighted by Crippen LogP contribution is -2.30. The van der Waals surface area contributed by atoms with Gasteiger partial charge in [0.1, 0.15) is 13.2 Å². The minimum atomic E-state index is -0.797. The molecule has 0 rings (SSSR count). The van der Waals surface area contributed by atoms with Crippen molar-refractivity contribution in [3.05, 3.63) is 146 Å². The molecule has 0 spiro atoms. The summed E-state index contributed by atoms with van der Waals surface area (Å²) >= 11 is 0. The highest BCUT2D eigenvalue weighted by molar-refractivity contribution is 5.71. The normalized spacial score (nSPS) is 13.0. The molecule has 0 heterocycles. The standard InChI is InChI=1S/C77H126O6/c1-4-7-10-13-16-19-22-25-28-30-31-32-33-34-35-36-37-38-39-40-41-42-43-44-45-47-49-52-55-58-61-64-67-70-76(79)82-73-74(72-81-75(78)69-66-63-60-57-54-51-48-27-24-21-18-15-12-9-6-3)83-77(80)71-68-65-62-59-56-53-50-46-29-26-23-20-17-14-11-8-5-2/h7-8,10-11,16-21,25-29,31-32,34-35,37-38,40-41,48,74H,4-6,9,12-15,22-24,30,33,36,39,42-47,49-73H2,1-3H3/b10-7-,11-8-,19-16-,20-17-,21-18-,28-25-,29-26-,32-31-,35-34-,38-37-,41-40-,48-27-. The van der Waals surface area contributed by atoms with E-state index in [9.17, 15) is 14.4 Å². The van der Waals surface area contributed by atoms with Crippen LogP contribution in [0.3, 0.4) is 0 Å². The second kappa shape index (κ2) is 69.8. The van der Waals surface area contributed by atoms with E-state index in [0.717, 1.165) is 154 Å². The van der Waals surface area contributed by atoms with Crippen molar-refractivity contribution in [1.82, 2.24) is 0 Å². The number of carbonyl (C=O) groups is 3. The molecule has 0 amide bonds. The zero-order valence-electron chi connectivity index (χ0n) is 53.9. The number of hydrogen-bond acceptors (Lipinski definition) is 6. The highest BCUT2D eigenvalue weighted by Crippen LogP contribution is 2.16. The van der Waals surface area contributed by atoms with Gasteiger partial charge in [0, 0.05) is 19.3 Å². The molecule has 0 aromatic heterocycles. The van der Waals surface area contributed by atoms with Crippen LogP contribution in [-0.4, -0.2) is 37.2 Å². The summed E-state index contributed by atoms with van der Waals surface area (Å²) < 4.78 is 16.9. The van der Waals surface area contributed by atoms with Gasteiger partial charge in [-0.15, -0.1) is 0 Å². The Bertz CT molecular complexity index is 1800. The third kappa shape index (κ3) is 68.0. The average molecular weight is 1150 g/mol. The number of ether oxygens (including phenoxy) is 3. The predicted molar refractivity (Wildman–Crippen MR) is 362 cm³/mol. The van der Waals surface area contributed by atoms with E-state index in [1.54, 1.807) is 0 Å². The first-order valence-corrected chi connectivity index (χ1v) is 34.3. The zero-order chi connectivity index (χ0) is 59.9. The molecule has 0 saturated carbocycles. The Labute approximate surface area is 512 Å². The monoisotopic (exact) mass is 1150 g/mol. The Morgan fingerprint density at radius 2 is 0.470 bits per heavy atom. The van der Waals surface area contributed by atoms with Crippen molar-refractivity contribution in [2.24, 2.45) is 0 Å². The molecule has 83 heavy (non-hydrogen) atoms. The Kier molecular flexibility index (Phi) is 65.8. The van der Waals surface area contributed by atoms with Crippen molar-refractivity contribution < 1.29 is 28.6 Å². The van der Waals surface area contributed by atoms with Crippen LogP contribution in [0.15, 0.2) is 146 Å². The molecule has 0 fully saturated rings. The van der Waals surface area contributed by atoms with Gasteiger partial charge in [-0.25, -0.2) is 0 Å². The number of hydrogen-bond donors (Lipinski definition) is 0. The quantitative estimate of drug-likeness (QED) is 0.0261. The van der Waals surface area contributed by atoms with E-state index < -0.39 is 6.10 Å². The predicted octanol–water partition coefficient (Wildman–Crippen LogP) is 23.9. The van der Waals surface area contributed by atoms with E-state index in [0.29, 0.717) is 19.3 Å². The van der Waals surface area contributed by atoms with Crippen LogP contribution >= 0.6 is 0 Å². The Hall–Kier alpha value is -4.71. The maximum atomic E-state index is 12.9. The summed E-state index contributed by atoms with van der Waals surface area (Å²) in [7, 11) is 0. The van der Waals surface area contributed by atoms with E-state index in [-0.39, 0.29) is 31.1 Å². The molecule has 0 aromatic carbocycles. The van der Waals surface area contributed by atoms with Crippen LogP contribution in [0.25, 0.3) is 0 Å². The Balaban J connectivity index is 4.30. The number of esters is 3. The minimum Gasteiger partial charge on any atom is -0.462 e. The van der Waals surface area contributed by atoms with Crippen molar-refractivity contribution >= 4 is 17.9 Å². The number of carbonyl (C=O) groups excluding carboxylic acids is 3. The molecule has 0 saturated heterocycles. The molecule has 0 N–H and O–H groups in total. The lowest BCUT2D eigenvalue weighted by Gasteiger charge is -2.18. The molecule has 1 atom stereocenters. The minimum absolute atomic E-state index is 0.0914. The van der Waals surface area contributed by atoms with Crippen molar-refractivity contribution in [2.45, 2.75) is 309 Å². The second-order valence-corrected chi connectivity index (χ2v) is 22.3. The highest BCUT2D eigenvalue weighted by Gasteiger charge is 2.19. The second-order valence-electron chi connectivity index (χ2n) is 22.3. The summed E-state index contributed by atoms with van der Waals surface area (Å²) in [6.07, 6.45) is 100. The molecule has 6 nitrogen and oxygen atoms in total. The van der Waals surface area contributed by atoms with E-state index in [2.05, 4.69) is 167 Å². The van der Waals surface area contributed by atoms with E-state index >= 15 is 0 Å². The van der Waals surface area contributed by atoms with Crippen LogP contribution in [0.5, 0.6) is 0 Å². The van der Waals surface area contributed by atoms with Crippen LogP contribution in [0.1, 0.15) is 303 Å². The molecule has 6 heteroatoms. The molecule has 470 valence electrons. The van der Waals surface area contributed by atoms with Crippen molar-refractivity contribution in [3.63, 3.8) is 0 Å². The first-order chi connectivity index (χ1) is 41.0. The third-order valence-electron chi connectivity index (χ3n) is 14.3. The van der Waals surface area contributed by atoms with E-state index in [1.165, 1.54) is 109 Å². The molecule has 0 radical (unpaired) electrons.